The first-order chi connectivity index (χ1) is 8.95. The highest BCUT2D eigenvalue weighted by Gasteiger charge is 2.19. The lowest BCUT2D eigenvalue weighted by atomic mass is 10.3. The number of hydrogen-bond donors (Lipinski definition) is 1. The highest BCUT2D eigenvalue weighted by atomic mass is 16.6. The van der Waals surface area contributed by atoms with E-state index in [4.69, 9.17) is 4.74 Å². The summed E-state index contributed by atoms with van der Waals surface area (Å²) < 4.78 is 4.74. The minimum atomic E-state index is -0.616. The van der Waals surface area contributed by atoms with Crippen molar-refractivity contribution in [1.29, 1.82) is 0 Å². The van der Waals surface area contributed by atoms with E-state index >= 15 is 0 Å². The van der Waals surface area contributed by atoms with Crippen molar-refractivity contribution in [3.63, 3.8) is 0 Å². The number of nitrogens with zero attached hydrogens (tertiary/aromatic N) is 2. The van der Waals surface area contributed by atoms with E-state index in [9.17, 15) is 19.7 Å². The summed E-state index contributed by atoms with van der Waals surface area (Å²) in [6.07, 6.45) is 0.0822. The van der Waals surface area contributed by atoms with Gasteiger partial charge in [-0.15, -0.1) is 0 Å². The molecular weight excluding hydrogens is 254 g/mol. The molecular formula is C11H15N3O5. The van der Waals surface area contributed by atoms with Gasteiger partial charge in [0.1, 0.15) is 0 Å². The summed E-state index contributed by atoms with van der Waals surface area (Å²) in [6, 6.07) is 2.55. The highest BCUT2D eigenvalue weighted by Crippen LogP contribution is 2.11. The first-order valence-corrected chi connectivity index (χ1v) is 5.70. The summed E-state index contributed by atoms with van der Waals surface area (Å²) in [4.78, 5) is 36.6. The van der Waals surface area contributed by atoms with Crippen LogP contribution in [-0.2, 0) is 9.53 Å². The zero-order chi connectivity index (χ0) is 14.4. The van der Waals surface area contributed by atoms with E-state index in [1.807, 2.05) is 0 Å². The van der Waals surface area contributed by atoms with Crippen molar-refractivity contribution in [2.45, 2.75) is 13.3 Å². The van der Waals surface area contributed by atoms with E-state index in [1.54, 1.807) is 6.92 Å². The number of H-pyrrole nitrogens is 1. The molecule has 0 unspecified atom stereocenters. The van der Waals surface area contributed by atoms with Crippen LogP contribution in [0, 0.1) is 10.1 Å². The number of esters is 1. The van der Waals surface area contributed by atoms with Gasteiger partial charge in [-0.25, -0.2) is 4.98 Å². The number of rotatable bonds is 6. The van der Waals surface area contributed by atoms with Gasteiger partial charge in [-0.2, -0.15) is 0 Å². The summed E-state index contributed by atoms with van der Waals surface area (Å²) in [5, 5.41) is 10.5. The van der Waals surface area contributed by atoms with Gasteiger partial charge < -0.3 is 19.8 Å². The van der Waals surface area contributed by atoms with Gasteiger partial charge in [0.25, 0.3) is 5.91 Å². The Balaban J connectivity index is 2.56. The number of aromatic nitrogens is 1. The molecule has 0 saturated heterocycles. The number of amides is 1. The monoisotopic (exact) mass is 269 g/mol. The summed E-state index contributed by atoms with van der Waals surface area (Å²) in [5.74, 6) is -1.06. The first kappa shape index (κ1) is 14.7. The second-order valence-corrected chi connectivity index (χ2v) is 3.80. The molecule has 0 radical (unpaired) electrons. The zero-order valence-electron chi connectivity index (χ0n) is 10.7. The lowest BCUT2D eigenvalue weighted by Gasteiger charge is -2.14. The number of carbonyl (C=O) groups excluding carboxylic acids is 2. The van der Waals surface area contributed by atoms with Gasteiger partial charge in [0.05, 0.1) is 13.0 Å². The normalized spacial score (nSPS) is 10.0. The molecule has 8 heteroatoms. The minimum Gasteiger partial charge on any atom is -0.466 e. The lowest BCUT2D eigenvalue weighted by molar-refractivity contribution is -0.389. The molecule has 0 aliphatic rings. The van der Waals surface area contributed by atoms with Crippen LogP contribution in [-0.4, -0.2) is 46.9 Å². The largest absolute Gasteiger partial charge is 0.466 e. The predicted octanol–water partition coefficient (Wildman–Crippen LogP) is 0.948. The smallest absolute Gasteiger partial charge is 0.321 e. The van der Waals surface area contributed by atoms with Crippen LogP contribution in [0.5, 0.6) is 0 Å². The van der Waals surface area contributed by atoms with Crippen LogP contribution in [0.2, 0.25) is 0 Å². The van der Waals surface area contributed by atoms with Crippen molar-refractivity contribution in [3.8, 4) is 0 Å². The highest BCUT2D eigenvalue weighted by molar-refractivity contribution is 5.92. The fraction of sp³-hybridized carbons (Fsp3) is 0.455. The third-order valence-electron chi connectivity index (χ3n) is 2.40. The van der Waals surface area contributed by atoms with E-state index in [0.29, 0.717) is 6.61 Å². The number of ether oxygens (including phenoxy) is 1. The molecule has 0 atom stereocenters. The van der Waals surface area contributed by atoms with Crippen LogP contribution < -0.4 is 0 Å². The average molecular weight is 269 g/mol. The van der Waals surface area contributed by atoms with E-state index in [0.717, 1.165) is 0 Å². The van der Waals surface area contributed by atoms with Crippen LogP contribution in [0.25, 0.3) is 0 Å². The number of aromatic amines is 1. The summed E-state index contributed by atoms with van der Waals surface area (Å²) >= 11 is 0. The number of nitro groups is 1. The minimum absolute atomic E-state index is 0.0822. The van der Waals surface area contributed by atoms with Gasteiger partial charge >= 0.3 is 11.8 Å². The number of nitrogens with one attached hydrogen (secondary N) is 1. The molecule has 1 aromatic heterocycles. The molecule has 0 aliphatic heterocycles. The van der Waals surface area contributed by atoms with Gasteiger partial charge in [0.2, 0.25) is 0 Å². The summed E-state index contributed by atoms with van der Waals surface area (Å²) in [7, 11) is 1.51. The molecule has 0 fully saturated rings. The fourth-order valence-corrected chi connectivity index (χ4v) is 1.41. The fourth-order valence-electron chi connectivity index (χ4n) is 1.41. The predicted molar refractivity (Wildman–Crippen MR) is 65.7 cm³/mol. The molecule has 104 valence electrons. The second-order valence-electron chi connectivity index (χ2n) is 3.80. The zero-order valence-corrected chi connectivity index (χ0v) is 10.7. The Labute approximate surface area is 109 Å². The van der Waals surface area contributed by atoms with Gasteiger partial charge in [-0.3, -0.25) is 9.59 Å². The Morgan fingerprint density at radius 1 is 1.47 bits per heavy atom. The average Bonchev–Trinajstić information content (AvgIpc) is 2.85. The molecule has 19 heavy (non-hydrogen) atoms. The molecule has 0 spiro atoms. The van der Waals surface area contributed by atoms with Crippen LogP contribution in [0.15, 0.2) is 12.1 Å². The molecule has 0 aliphatic carbocycles. The van der Waals surface area contributed by atoms with Crippen LogP contribution in [0.3, 0.4) is 0 Å². The van der Waals surface area contributed by atoms with Crippen molar-refractivity contribution >= 4 is 17.7 Å². The summed E-state index contributed by atoms with van der Waals surface area (Å²) in [6.45, 7) is 2.18. The van der Waals surface area contributed by atoms with Crippen LogP contribution >= 0.6 is 0 Å². The van der Waals surface area contributed by atoms with Crippen molar-refractivity contribution in [2.75, 3.05) is 20.2 Å². The third-order valence-corrected chi connectivity index (χ3v) is 2.40. The van der Waals surface area contributed by atoms with Crippen molar-refractivity contribution in [3.05, 3.63) is 27.9 Å². The SMILES string of the molecule is CCOC(=O)CCN(C)C(=O)c1ccc([N+](=O)[O-])[nH]1. The van der Waals surface area contributed by atoms with Gasteiger partial charge in [0, 0.05) is 19.7 Å². The van der Waals surface area contributed by atoms with E-state index in [2.05, 4.69) is 4.98 Å². The Morgan fingerprint density at radius 2 is 2.16 bits per heavy atom. The number of carbonyl (C=O) groups is 2. The van der Waals surface area contributed by atoms with Crippen molar-refractivity contribution < 1.29 is 19.2 Å². The molecule has 8 nitrogen and oxygen atoms in total. The maximum atomic E-state index is 11.9. The molecule has 0 saturated carbocycles. The third kappa shape index (κ3) is 4.09. The maximum absolute atomic E-state index is 11.9. The van der Waals surface area contributed by atoms with Gasteiger partial charge in [0.15, 0.2) is 5.69 Å². The Morgan fingerprint density at radius 3 is 2.68 bits per heavy atom. The Bertz CT molecular complexity index is 482. The lowest BCUT2D eigenvalue weighted by Crippen LogP contribution is -2.29. The van der Waals surface area contributed by atoms with Crippen molar-refractivity contribution in [1.82, 2.24) is 9.88 Å². The standard InChI is InChI=1S/C11H15N3O5/c1-3-19-10(15)6-7-13(2)11(16)8-4-5-9(12-8)14(17)18/h4-5,12H,3,6-7H2,1-2H3. The van der Waals surface area contributed by atoms with Gasteiger partial charge in [-0.1, -0.05) is 0 Å². The van der Waals surface area contributed by atoms with Crippen LogP contribution in [0.4, 0.5) is 5.82 Å². The first-order valence-electron chi connectivity index (χ1n) is 5.70. The Hall–Kier alpha value is -2.38. The van der Waals surface area contributed by atoms with Crippen LogP contribution in [0.1, 0.15) is 23.8 Å². The Kier molecular flexibility index (Phi) is 5.04. The van der Waals surface area contributed by atoms with Crippen molar-refractivity contribution in [2.24, 2.45) is 0 Å². The topological polar surface area (TPSA) is 106 Å². The number of hydrogen-bond acceptors (Lipinski definition) is 5. The van der Waals surface area contributed by atoms with E-state index < -0.39 is 10.8 Å². The van der Waals surface area contributed by atoms with E-state index in [-0.39, 0.29) is 30.4 Å². The van der Waals surface area contributed by atoms with Gasteiger partial charge in [-0.05, 0) is 17.9 Å². The molecule has 1 heterocycles. The molecule has 0 bridgehead atoms. The quantitative estimate of drug-likeness (QED) is 0.470. The maximum Gasteiger partial charge on any atom is 0.321 e. The molecule has 1 aromatic rings. The summed E-state index contributed by atoms with van der Waals surface area (Å²) in [5.41, 5.74) is 0.109. The molecule has 1 rings (SSSR count). The molecule has 0 aromatic carbocycles. The van der Waals surface area contributed by atoms with E-state index in [1.165, 1.54) is 24.1 Å². The second kappa shape index (κ2) is 6.53. The molecule has 1 N–H and O–H groups in total. The molecule has 1 amide bonds.